The van der Waals surface area contributed by atoms with Crippen LogP contribution in [0.4, 0.5) is 4.39 Å². The van der Waals surface area contributed by atoms with Gasteiger partial charge in [0, 0.05) is 17.8 Å². The fourth-order valence-corrected chi connectivity index (χ4v) is 1.44. The number of benzene rings is 1. The lowest BCUT2D eigenvalue weighted by atomic mass is 10.2. The molecule has 0 atom stereocenters. The quantitative estimate of drug-likeness (QED) is 0.842. The van der Waals surface area contributed by atoms with Gasteiger partial charge in [0.05, 0.1) is 0 Å². The summed E-state index contributed by atoms with van der Waals surface area (Å²) in [5, 5.41) is 9.21. The van der Waals surface area contributed by atoms with Gasteiger partial charge in [-0.25, -0.2) is 9.37 Å². The molecule has 2 rings (SSSR count). The van der Waals surface area contributed by atoms with Gasteiger partial charge in [-0.15, -0.1) is 0 Å². The lowest BCUT2D eigenvalue weighted by Gasteiger charge is -2.02. The summed E-state index contributed by atoms with van der Waals surface area (Å²) in [6.45, 7) is 0. The molecule has 0 saturated carbocycles. The maximum atomic E-state index is 13.0. The summed E-state index contributed by atoms with van der Waals surface area (Å²) >= 11 is 3.00. The Hall–Kier alpha value is -1.69. The van der Waals surface area contributed by atoms with Gasteiger partial charge in [0.2, 0.25) is 0 Å². The molecular weight excluding hydrogens is 279 g/mol. The first-order chi connectivity index (χ1) is 7.56. The smallest absolute Gasteiger partial charge is 0.265 e. The molecule has 0 aliphatic rings. The van der Waals surface area contributed by atoms with Gasteiger partial charge in [0.1, 0.15) is 21.9 Å². The predicted molar refractivity (Wildman–Crippen MR) is 59.6 cm³/mol. The molecule has 0 bridgehead atoms. The van der Waals surface area contributed by atoms with Crippen molar-refractivity contribution in [3.05, 3.63) is 45.0 Å². The standard InChI is InChI=1S/C10H6BrFN2O2/c11-8-4-13-9(14-10(8)16)5-1-6(12)3-7(15)2-5/h1-4,15H,(H,13,14,16). The molecule has 82 valence electrons. The van der Waals surface area contributed by atoms with Gasteiger partial charge >= 0.3 is 0 Å². The maximum absolute atomic E-state index is 13.0. The lowest BCUT2D eigenvalue weighted by Crippen LogP contribution is -2.08. The van der Waals surface area contributed by atoms with Crippen molar-refractivity contribution >= 4 is 15.9 Å². The molecular formula is C10H6BrFN2O2. The van der Waals surface area contributed by atoms with Crippen LogP contribution in [0, 0.1) is 5.82 Å². The minimum Gasteiger partial charge on any atom is -0.508 e. The van der Waals surface area contributed by atoms with Gasteiger partial charge in [-0.05, 0) is 28.1 Å². The second kappa shape index (κ2) is 4.05. The Labute approximate surface area is 97.9 Å². The Balaban J connectivity index is 2.58. The molecule has 2 aromatic rings. The van der Waals surface area contributed by atoms with Crippen LogP contribution in [0.3, 0.4) is 0 Å². The van der Waals surface area contributed by atoms with E-state index < -0.39 is 5.82 Å². The zero-order chi connectivity index (χ0) is 11.7. The predicted octanol–water partition coefficient (Wildman–Crippen LogP) is 2.04. The third kappa shape index (κ3) is 2.11. The second-order valence-electron chi connectivity index (χ2n) is 3.11. The molecule has 0 unspecified atom stereocenters. The van der Waals surface area contributed by atoms with E-state index in [4.69, 9.17) is 0 Å². The van der Waals surface area contributed by atoms with Gasteiger partial charge in [-0.2, -0.15) is 0 Å². The largest absolute Gasteiger partial charge is 0.508 e. The number of phenols is 1. The number of hydrogen-bond donors (Lipinski definition) is 2. The third-order valence-corrected chi connectivity index (χ3v) is 2.48. The summed E-state index contributed by atoms with van der Waals surface area (Å²) in [7, 11) is 0. The first kappa shape index (κ1) is 10.8. The topological polar surface area (TPSA) is 66.0 Å². The van der Waals surface area contributed by atoms with Crippen molar-refractivity contribution in [3.8, 4) is 17.1 Å². The summed E-state index contributed by atoms with van der Waals surface area (Å²) in [6.07, 6.45) is 1.32. The lowest BCUT2D eigenvalue weighted by molar-refractivity contribution is 0.469. The third-order valence-electron chi connectivity index (χ3n) is 1.91. The molecule has 0 spiro atoms. The molecule has 6 heteroatoms. The summed E-state index contributed by atoms with van der Waals surface area (Å²) in [4.78, 5) is 17.7. The molecule has 0 saturated heterocycles. The van der Waals surface area contributed by atoms with Crippen molar-refractivity contribution in [2.75, 3.05) is 0 Å². The highest BCUT2D eigenvalue weighted by Crippen LogP contribution is 2.21. The van der Waals surface area contributed by atoms with E-state index in [1.165, 1.54) is 18.3 Å². The van der Waals surface area contributed by atoms with Gasteiger partial charge in [-0.1, -0.05) is 0 Å². The first-order valence-electron chi connectivity index (χ1n) is 4.31. The van der Waals surface area contributed by atoms with Crippen molar-refractivity contribution in [2.45, 2.75) is 0 Å². The minimum absolute atomic E-state index is 0.197. The Morgan fingerprint density at radius 1 is 1.38 bits per heavy atom. The molecule has 0 radical (unpaired) electrons. The number of H-pyrrole nitrogens is 1. The normalized spacial score (nSPS) is 10.4. The van der Waals surface area contributed by atoms with E-state index in [0.717, 1.165) is 6.07 Å². The first-order valence-corrected chi connectivity index (χ1v) is 5.10. The number of rotatable bonds is 1. The monoisotopic (exact) mass is 284 g/mol. The minimum atomic E-state index is -0.597. The molecule has 4 nitrogen and oxygen atoms in total. The number of aromatic amines is 1. The van der Waals surface area contributed by atoms with Crippen LogP contribution in [-0.4, -0.2) is 15.1 Å². The van der Waals surface area contributed by atoms with Crippen LogP contribution in [0.1, 0.15) is 0 Å². The van der Waals surface area contributed by atoms with Gasteiger partial charge in [0.25, 0.3) is 5.56 Å². The summed E-state index contributed by atoms with van der Waals surface area (Å²) in [5.41, 5.74) is -0.0594. The highest BCUT2D eigenvalue weighted by molar-refractivity contribution is 9.10. The van der Waals surface area contributed by atoms with Crippen molar-refractivity contribution in [1.29, 1.82) is 0 Å². The number of aromatic nitrogens is 2. The molecule has 1 aromatic carbocycles. The van der Waals surface area contributed by atoms with E-state index >= 15 is 0 Å². The Bertz CT molecular complexity index is 577. The van der Waals surface area contributed by atoms with Gasteiger partial charge in [-0.3, -0.25) is 4.79 Å². The van der Waals surface area contributed by atoms with Crippen LogP contribution in [0.25, 0.3) is 11.4 Å². The van der Waals surface area contributed by atoms with Crippen molar-refractivity contribution in [1.82, 2.24) is 9.97 Å². The van der Waals surface area contributed by atoms with E-state index in [0.29, 0.717) is 5.56 Å². The molecule has 0 amide bonds. The number of hydrogen-bond acceptors (Lipinski definition) is 3. The summed E-state index contributed by atoms with van der Waals surface area (Å²) < 4.78 is 13.3. The van der Waals surface area contributed by atoms with Crippen molar-refractivity contribution < 1.29 is 9.50 Å². The average molecular weight is 285 g/mol. The molecule has 2 N–H and O–H groups in total. The van der Waals surface area contributed by atoms with Gasteiger partial charge < -0.3 is 10.1 Å². The molecule has 16 heavy (non-hydrogen) atoms. The molecule has 1 heterocycles. The number of nitrogens with one attached hydrogen (secondary N) is 1. The molecule has 0 aliphatic carbocycles. The number of nitrogens with zero attached hydrogens (tertiary/aromatic N) is 1. The van der Waals surface area contributed by atoms with Crippen molar-refractivity contribution in [3.63, 3.8) is 0 Å². The second-order valence-corrected chi connectivity index (χ2v) is 3.96. The number of phenolic OH excluding ortho intramolecular Hbond substituents is 1. The Kier molecular flexibility index (Phi) is 2.74. The summed E-state index contributed by atoms with van der Waals surface area (Å²) in [6, 6.07) is 3.46. The maximum Gasteiger partial charge on any atom is 0.265 e. The van der Waals surface area contributed by atoms with Crippen molar-refractivity contribution in [2.24, 2.45) is 0 Å². The van der Waals surface area contributed by atoms with Crippen LogP contribution in [0.15, 0.2) is 33.7 Å². The fraction of sp³-hybridized carbons (Fsp3) is 0. The Morgan fingerprint density at radius 3 is 2.75 bits per heavy atom. The zero-order valence-corrected chi connectivity index (χ0v) is 9.45. The van der Waals surface area contributed by atoms with E-state index in [1.54, 1.807) is 0 Å². The molecule has 1 aromatic heterocycles. The Morgan fingerprint density at radius 2 is 2.12 bits per heavy atom. The highest BCUT2D eigenvalue weighted by atomic mass is 79.9. The van der Waals surface area contributed by atoms with Crippen LogP contribution in [-0.2, 0) is 0 Å². The van der Waals surface area contributed by atoms with E-state index in [9.17, 15) is 14.3 Å². The highest BCUT2D eigenvalue weighted by Gasteiger charge is 2.06. The summed E-state index contributed by atoms with van der Waals surface area (Å²) in [5.74, 6) is -0.621. The number of aromatic hydroxyl groups is 1. The van der Waals surface area contributed by atoms with E-state index in [2.05, 4.69) is 25.9 Å². The zero-order valence-electron chi connectivity index (χ0n) is 7.87. The van der Waals surface area contributed by atoms with Gasteiger partial charge in [0.15, 0.2) is 0 Å². The molecule has 0 fully saturated rings. The van der Waals surface area contributed by atoms with Crippen LogP contribution in [0.2, 0.25) is 0 Å². The SMILES string of the molecule is O=c1[nH]c(-c2cc(O)cc(F)c2)ncc1Br. The average Bonchev–Trinajstić information content (AvgIpc) is 2.20. The van der Waals surface area contributed by atoms with Crippen LogP contribution >= 0.6 is 15.9 Å². The molecule has 0 aliphatic heterocycles. The van der Waals surface area contributed by atoms with Crippen LogP contribution < -0.4 is 5.56 Å². The van der Waals surface area contributed by atoms with E-state index in [1.807, 2.05) is 0 Å². The number of halogens is 2. The van der Waals surface area contributed by atoms with Crippen LogP contribution in [0.5, 0.6) is 5.75 Å². The fourth-order valence-electron chi connectivity index (χ4n) is 1.24. The van der Waals surface area contributed by atoms with E-state index in [-0.39, 0.29) is 21.6 Å².